The molecule has 0 bridgehead atoms. The Morgan fingerprint density at radius 1 is 1.09 bits per heavy atom. The SMILES string of the molecule is CC1(C(=O)NCc2ccccc2)Cn2c(nc3ccccc32)C(=O)N1CCC1=CCCCC1. The Labute approximate surface area is 194 Å². The second-order valence-corrected chi connectivity index (χ2v) is 9.27. The van der Waals surface area contributed by atoms with Crippen LogP contribution in [0.1, 0.15) is 55.2 Å². The molecular formula is C27H30N4O2. The van der Waals surface area contributed by atoms with E-state index in [9.17, 15) is 9.59 Å². The molecule has 33 heavy (non-hydrogen) atoms. The molecule has 2 amide bonds. The maximum atomic E-state index is 13.7. The van der Waals surface area contributed by atoms with Crippen LogP contribution in [0.2, 0.25) is 0 Å². The number of rotatable bonds is 6. The van der Waals surface area contributed by atoms with Crippen molar-refractivity contribution in [1.29, 1.82) is 0 Å². The predicted molar refractivity (Wildman–Crippen MR) is 129 cm³/mol. The van der Waals surface area contributed by atoms with Crippen LogP contribution in [0.5, 0.6) is 0 Å². The van der Waals surface area contributed by atoms with Crippen molar-refractivity contribution in [3.05, 3.63) is 77.6 Å². The van der Waals surface area contributed by atoms with E-state index in [1.165, 1.54) is 18.4 Å². The molecule has 1 unspecified atom stereocenters. The topological polar surface area (TPSA) is 67.2 Å². The fraction of sp³-hybridized carbons (Fsp3) is 0.370. The largest absolute Gasteiger partial charge is 0.350 e. The van der Waals surface area contributed by atoms with Gasteiger partial charge in [0.25, 0.3) is 5.91 Å². The van der Waals surface area contributed by atoms with Crippen LogP contribution in [0, 0.1) is 0 Å². The van der Waals surface area contributed by atoms with Crippen LogP contribution < -0.4 is 5.32 Å². The van der Waals surface area contributed by atoms with Gasteiger partial charge in [0, 0.05) is 13.1 Å². The van der Waals surface area contributed by atoms with Crippen LogP contribution in [-0.4, -0.2) is 38.3 Å². The lowest BCUT2D eigenvalue weighted by Crippen LogP contribution is -2.64. The minimum Gasteiger partial charge on any atom is -0.350 e. The zero-order valence-electron chi connectivity index (χ0n) is 19.1. The third-order valence-electron chi connectivity index (χ3n) is 6.98. The molecule has 1 aliphatic heterocycles. The highest BCUT2D eigenvalue weighted by Crippen LogP contribution is 2.32. The maximum Gasteiger partial charge on any atom is 0.290 e. The number of nitrogens with one attached hydrogen (secondary N) is 1. The first-order chi connectivity index (χ1) is 16.1. The van der Waals surface area contributed by atoms with Crippen LogP contribution in [0.25, 0.3) is 11.0 Å². The van der Waals surface area contributed by atoms with Gasteiger partial charge in [-0.25, -0.2) is 4.98 Å². The standard InChI is InChI=1S/C27H30N4O2/c1-27(26(33)28-18-21-12-6-3-7-13-21)19-30-23-15-9-8-14-22(23)29-24(30)25(32)31(27)17-16-20-10-4-2-5-11-20/h3,6-10,12-15H,2,4-5,11,16-19H2,1H3,(H,28,33). The summed E-state index contributed by atoms with van der Waals surface area (Å²) in [7, 11) is 0. The van der Waals surface area contributed by atoms with E-state index >= 15 is 0 Å². The molecule has 1 aromatic heterocycles. The molecule has 0 saturated heterocycles. The fourth-order valence-electron chi connectivity index (χ4n) is 5.04. The Morgan fingerprint density at radius 2 is 1.88 bits per heavy atom. The Morgan fingerprint density at radius 3 is 2.67 bits per heavy atom. The number of carbonyl (C=O) groups excluding carboxylic acids is 2. The quantitative estimate of drug-likeness (QED) is 0.573. The number of amides is 2. The van der Waals surface area contributed by atoms with Crippen LogP contribution >= 0.6 is 0 Å². The van der Waals surface area contributed by atoms with Crippen molar-refractivity contribution in [2.45, 2.75) is 57.7 Å². The number of aromatic nitrogens is 2. The van der Waals surface area contributed by atoms with E-state index in [2.05, 4.69) is 16.4 Å². The summed E-state index contributed by atoms with van der Waals surface area (Å²) in [6.45, 7) is 3.22. The van der Waals surface area contributed by atoms with Crippen molar-refractivity contribution in [3.8, 4) is 0 Å². The summed E-state index contributed by atoms with van der Waals surface area (Å²) in [5.74, 6) is 0.106. The van der Waals surface area contributed by atoms with Gasteiger partial charge in [0.2, 0.25) is 5.91 Å². The Balaban J connectivity index is 1.46. The van der Waals surface area contributed by atoms with Gasteiger partial charge in [-0.05, 0) is 56.7 Å². The molecule has 3 aromatic rings. The third kappa shape index (κ3) is 4.06. The van der Waals surface area contributed by atoms with Crippen molar-refractivity contribution in [1.82, 2.24) is 19.8 Å². The van der Waals surface area contributed by atoms with Crippen LogP contribution in [0.15, 0.2) is 66.2 Å². The lowest BCUT2D eigenvalue weighted by molar-refractivity contribution is -0.133. The summed E-state index contributed by atoms with van der Waals surface area (Å²) in [6, 6.07) is 17.6. The van der Waals surface area contributed by atoms with Gasteiger partial charge in [0.15, 0.2) is 5.82 Å². The Bertz CT molecular complexity index is 1210. The fourth-order valence-corrected chi connectivity index (χ4v) is 5.04. The number of allylic oxidation sites excluding steroid dienone is 1. The van der Waals surface area contributed by atoms with Gasteiger partial charge >= 0.3 is 0 Å². The van der Waals surface area contributed by atoms with E-state index < -0.39 is 5.54 Å². The molecule has 170 valence electrons. The monoisotopic (exact) mass is 442 g/mol. The second kappa shape index (κ2) is 8.85. The summed E-state index contributed by atoms with van der Waals surface area (Å²) >= 11 is 0. The first-order valence-electron chi connectivity index (χ1n) is 11.8. The molecule has 2 heterocycles. The molecule has 2 aliphatic rings. The molecule has 0 fully saturated rings. The number of hydrogen-bond donors (Lipinski definition) is 1. The molecule has 1 N–H and O–H groups in total. The molecule has 6 heteroatoms. The molecule has 2 aromatic carbocycles. The van der Waals surface area contributed by atoms with E-state index in [1.54, 1.807) is 4.90 Å². The van der Waals surface area contributed by atoms with Crippen molar-refractivity contribution in [2.75, 3.05) is 6.54 Å². The average Bonchev–Trinajstić information content (AvgIpc) is 3.22. The number of nitrogens with zero attached hydrogens (tertiary/aromatic N) is 3. The van der Waals surface area contributed by atoms with Crippen molar-refractivity contribution >= 4 is 22.8 Å². The van der Waals surface area contributed by atoms with Crippen LogP contribution in [0.4, 0.5) is 0 Å². The molecule has 0 radical (unpaired) electrons. The number of carbonyl (C=O) groups is 2. The summed E-state index contributed by atoms with van der Waals surface area (Å²) < 4.78 is 1.91. The van der Waals surface area contributed by atoms with E-state index in [0.717, 1.165) is 35.9 Å². The smallest absolute Gasteiger partial charge is 0.290 e. The zero-order valence-corrected chi connectivity index (χ0v) is 19.1. The van der Waals surface area contributed by atoms with Gasteiger partial charge in [-0.2, -0.15) is 0 Å². The average molecular weight is 443 g/mol. The molecule has 6 nitrogen and oxygen atoms in total. The predicted octanol–water partition coefficient (Wildman–Crippen LogP) is 4.46. The normalized spacial score (nSPS) is 20.5. The summed E-state index contributed by atoms with van der Waals surface area (Å²) in [5.41, 5.74) is 3.09. The Kier molecular flexibility index (Phi) is 5.75. The van der Waals surface area contributed by atoms with Gasteiger partial charge in [-0.1, -0.05) is 54.1 Å². The highest BCUT2D eigenvalue weighted by Gasteiger charge is 2.48. The number of para-hydroxylation sites is 2. The molecule has 1 aliphatic carbocycles. The molecule has 0 spiro atoms. The lowest BCUT2D eigenvalue weighted by atomic mass is 9.92. The van der Waals surface area contributed by atoms with Gasteiger partial charge in [0.1, 0.15) is 5.54 Å². The van der Waals surface area contributed by atoms with Crippen molar-refractivity contribution < 1.29 is 9.59 Å². The number of fused-ring (bicyclic) bond motifs is 3. The zero-order chi connectivity index (χ0) is 22.8. The second-order valence-electron chi connectivity index (χ2n) is 9.27. The van der Waals surface area contributed by atoms with Gasteiger partial charge in [-0.3, -0.25) is 9.59 Å². The van der Waals surface area contributed by atoms with Crippen molar-refractivity contribution in [3.63, 3.8) is 0 Å². The molecule has 5 rings (SSSR count). The number of imidazole rings is 1. The molecular weight excluding hydrogens is 412 g/mol. The van der Waals surface area contributed by atoms with E-state index in [0.29, 0.717) is 25.5 Å². The first-order valence-corrected chi connectivity index (χ1v) is 11.8. The van der Waals surface area contributed by atoms with Crippen LogP contribution in [0.3, 0.4) is 0 Å². The van der Waals surface area contributed by atoms with E-state index in [-0.39, 0.29) is 11.8 Å². The third-order valence-corrected chi connectivity index (χ3v) is 6.98. The Hall–Kier alpha value is -3.41. The highest BCUT2D eigenvalue weighted by atomic mass is 16.2. The minimum atomic E-state index is -1.00. The summed E-state index contributed by atoms with van der Waals surface area (Å²) in [4.78, 5) is 33.7. The van der Waals surface area contributed by atoms with Crippen LogP contribution in [-0.2, 0) is 17.9 Å². The van der Waals surface area contributed by atoms with E-state index in [1.807, 2.05) is 66.1 Å². The molecule has 1 atom stereocenters. The van der Waals surface area contributed by atoms with Gasteiger partial charge < -0.3 is 14.8 Å². The highest BCUT2D eigenvalue weighted by molar-refractivity contribution is 6.01. The van der Waals surface area contributed by atoms with Gasteiger partial charge in [0.05, 0.1) is 17.6 Å². The van der Waals surface area contributed by atoms with Gasteiger partial charge in [-0.15, -0.1) is 0 Å². The summed E-state index contributed by atoms with van der Waals surface area (Å²) in [6.07, 6.45) is 7.72. The first kappa shape index (κ1) is 21.4. The number of benzene rings is 2. The number of hydrogen-bond acceptors (Lipinski definition) is 3. The van der Waals surface area contributed by atoms with Crippen molar-refractivity contribution in [2.24, 2.45) is 0 Å². The minimum absolute atomic E-state index is 0.138. The molecule has 0 saturated carbocycles. The van der Waals surface area contributed by atoms with E-state index in [4.69, 9.17) is 0 Å². The maximum absolute atomic E-state index is 13.7. The summed E-state index contributed by atoms with van der Waals surface area (Å²) in [5, 5.41) is 3.09. The lowest BCUT2D eigenvalue weighted by Gasteiger charge is -2.43.